The highest BCUT2D eigenvalue weighted by molar-refractivity contribution is 5.76. The molecule has 0 bridgehead atoms. The van der Waals surface area contributed by atoms with E-state index >= 15 is 0 Å². The maximum atomic E-state index is 12.1. The minimum Gasteiger partial charge on any atom is -0.338 e. The summed E-state index contributed by atoms with van der Waals surface area (Å²) in [4.78, 5) is 14.0. The monoisotopic (exact) mass is 314 g/mol. The number of aromatic nitrogens is 5. The van der Waals surface area contributed by atoms with Crippen LogP contribution >= 0.6 is 0 Å². The van der Waals surface area contributed by atoms with E-state index in [0.717, 1.165) is 42.5 Å². The largest absolute Gasteiger partial charge is 0.338 e. The molecule has 1 saturated carbocycles. The fraction of sp³-hybridized carbons (Fsp3) is 0.625. The smallest absolute Gasteiger partial charge is 0.222 e. The van der Waals surface area contributed by atoms with Gasteiger partial charge in [-0.15, -0.1) is 10.2 Å². The molecule has 2 aromatic heterocycles. The van der Waals surface area contributed by atoms with Crippen molar-refractivity contribution in [2.75, 3.05) is 6.54 Å². The number of nitrogens with zero attached hydrogens (tertiary/aromatic N) is 6. The molecule has 1 amide bonds. The number of fused-ring (bicyclic) bond motifs is 1. The number of amides is 1. The van der Waals surface area contributed by atoms with E-state index < -0.39 is 0 Å². The molecule has 0 aromatic carbocycles. The van der Waals surface area contributed by atoms with Gasteiger partial charge in [-0.1, -0.05) is 6.92 Å². The molecular weight excluding hydrogens is 292 g/mol. The van der Waals surface area contributed by atoms with Crippen molar-refractivity contribution in [1.82, 2.24) is 29.4 Å². The van der Waals surface area contributed by atoms with E-state index in [2.05, 4.69) is 14.8 Å². The van der Waals surface area contributed by atoms with Crippen LogP contribution in [0.1, 0.15) is 37.4 Å². The lowest BCUT2D eigenvalue weighted by atomic mass is 10.0. The van der Waals surface area contributed by atoms with Gasteiger partial charge < -0.3 is 9.47 Å². The van der Waals surface area contributed by atoms with Gasteiger partial charge in [-0.2, -0.15) is 5.10 Å². The first-order valence-electron chi connectivity index (χ1n) is 8.38. The van der Waals surface area contributed by atoms with Crippen molar-refractivity contribution < 1.29 is 4.79 Å². The Balaban J connectivity index is 1.70. The fourth-order valence-corrected chi connectivity index (χ4v) is 3.36. The Morgan fingerprint density at radius 1 is 1.39 bits per heavy atom. The fourth-order valence-electron chi connectivity index (χ4n) is 3.36. The van der Waals surface area contributed by atoms with Crippen LogP contribution in [0.4, 0.5) is 0 Å². The predicted molar refractivity (Wildman–Crippen MR) is 84.4 cm³/mol. The SMILES string of the molecule is CCC(=O)N1CCc2c(c(-c3nncn3CC3CC3)nn2C)C1. The lowest BCUT2D eigenvalue weighted by Crippen LogP contribution is -2.35. The van der Waals surface area contributed by atoms with Gasteiger partial charge in [-0.3, -0.25) is 9.48 Å². The number of hydrogen-bond acceptors (Lipinski definition) is 4. The molecule has 7 heteroatoms. The van der Waals surface area contributed by atoms with Crippen LogP contribution in [-0.2, 0) is 31.4 Å². The standard InChI is InChI=1S/C16H22N6O/c1-3-14(23)21-7-6-13-12(9-21)15(19-20(13)2)16-18-17-10-22(16)8-11-4-5-11/h10-11H,3-9H2,1-2H3. The van der Waals surface area contributed by atoms with Crippen LogP contribution in [0.5, 0.6) is 0 Å². The first kappa shape index (κ1) is 14.4. The zero-order chi connectivity index (χ0) is 16.0. The second-order valence-electron chi connectivity index (χ2n) is 6.57. The predicted octanol–water partition coefficient (Wildman–Crippen LogP) is 1.38. The van der Waals surface area contributed by atoms with Crippen LogP contribution in [0.2, 0.25) is 0 Å². The quantitative estimate of drug-likeness (QED) is 0.855. The van der Waals surface area contributed by atoms with Gasteiger partial charge in [0, 0.05) is 50.8 Å². The third-order valence-corrected chi connectivity index (χ3v) is 4.88. The van der Waals surface area contributed by atoms with Gasteiger partial charge in [-0.05, 0) is 18.8 Å². The Bertz CT molecular complexity index is 742. The zero-order valence-electron chi connectivity index (χ0n) is 13.7. The van der Waals surface area contributed by atoms with E-state index in [-0.39, 0.29) is 5.91 Å². The van der Waals surface area contributed by atoms with E-state index in [1.807, 2.05) is 23.6 Å². The van der Waals surface area contributed by atoms with Crippen LogP contribution in [0.25, 0.3) is 11.5 Å². The van der Waals surface area contributed by atoms with Crippen LogP contribution in [0.3, 0.4) is 0 Å². The topological polar surface area (TPSA) is 68.8 Å². The second kappa shape index (κ2) is 5.47. The Labute approximate surface area is 135 Å². The molecule has 0 radical (unpaired) electrons. The lowest BCUT2D eigenvalue weighted by Gasteiger charge is -2.27. The first-order valence-corrected chi connectivity index (χ1v) is 8.38. The Morgan fingerprint density at radius 2 is 2.22 bits per heavy atom. The van der Waals surface area contributed by atoms with E-state index in [9.17, 15) is 4.79 Å². The molecule has 0 N–H and O–H groups in total. The van der Waals surface area contributed by atoms with Crippen molar-refractivity contribution >= 4 is 5.91 Å². The lowest BCUT2D eigenvalue weighted by molar-refractivity contribution is -0.131. The van der Waals surface area contributed by atoms with Gasteiger partial charge in [0.1, 0.15) is 12.0 Å². The van der Waals surface area contributed by atoms with Crippen molar-refractivity contribution in [3.05, 3.63) is 17.6 Å². The minimum atomic E-state index is 0.199. The summed E-state index contributed by atoms with van der Waals surface area (Å²) in [6.45, 7) is 4.27. The average Bonchev–Trinajstić information content (AvgIpc) is 3.17. The highest BCUT2D eigenvalue weighted by Crippen LogP contribution is 2.33. The summed E-state index contributed by atoms with van der Waals surface area (Å²) < 4.78 is 4.05. The molecule has 0 saturated heterocycles. The molecule has 7 nitrogen and oxygen atoms in total. The normalized spacial score (nSPS) is 17.4. The van der Waals surface area contributed by atoms with Crippen LogP contribution in [0, 0.1) is 5.92 Å². The minimum absolute atomic E-state index is 0.199. The van der Waals surface area contributed by atoms with Gasteiger partial charge in [-0.25, -0.2) is 0 Å². The van der Waals surface area contributed by atoms with Crippen LogP contribution in [0.15, 0.2) is 6.33 Å². The molecule has 0 unspecified atom stereocenters. The van der Waals surface area contributed by atoms with E-state index in [4.69, 9.17) is 5.10 Å². The number of carbonyl (C=O) groups excluding carboxylic acids is 1. The molecule has 0 spiro atoms. The summed E-state index contributed by atoms with van der Waals surface area (Å²) in [6, 6.07) is 0. The van der Waals surface area contributed by atoms with Crippen LogP contribution < -0.4 is 0 Å². The molecule has 1 aliphatic carbocycles. The average molecular weight is 314 g/mol. The van der Waals surface area contributed by atoms with Crippen molar-refractivity contribution in [1.29, 1.82) is 0 Å². The molecule has 2 aliphatic rings. The molecule has 1 fully saturated rings. The van der Waals surface area contributed by atoms with E-state index in [1.54, 1.807) is 6.33 Å². The number of carbonyl (C=O) groups is 1. The van der Waals surface area contributed by atoms with Crippen molar-refractivity contribution in [3.8, 4) is 11.5 Å². The summed E-state index contributed by atoms with van der Waals surface area (Å²) in [7, 11) is 1.97. The Morgan fingerprint density at radius 3 is 2.96 bits per heavy atom. The molecule has 1 aliphatic heterocycles. The number of rotatable bonds is 4. The van der Waals surface area contributed by atoms with E-state index in [0.29, 0.717) is 13.0 Å². The second-order valence-corrected chi connectivity index (χ2v) is 6.57. The summed E-state index contributed by atoms with van der Waals surface area (Å²) in [5.41, 5.74) is 3.22. The molecule has 2 aromatic rings. The molecule has 122 valence electrons. The first-order chi connectivity index (χ1) is 11.2. The summed E-state index contributed by atoms with van der Waals surface area (Å²) in [5.74, 6) is 1.78. The summed E-state index contributed by atoms with van der Waals surface area (Å²) in [6.07, 6.45) is 5.77. The molecule has 4 rings (SSSR count). The molecule has 0 atom stereocenters. The highest BCUT2D eigenvalue weighted by atomic mass is 16.2. The summed E-state index contributed by atoms with van der Waals surface area (Å²) in [5, 5.41) is 13.1. The van der Waals surface area contributed by atoms with Crippen molar-refractivity contribution in [2.45, 2.75) is 45.7 Å². The third-order valence-electron chi connectivity index (χ3n) is 4.88. The van der Waals surface area contributed by atoms with E-state index in [1.165, 1.54) is 18.5 Å². The van der Waals surface area contributed by atoms with Gasteiger partial charge in [0.2, 0.25) is 5.91 Å². The highest BCUT2D eigenvalue weighted by Gasteiger charge is 2.29. The van der Waals surface area contributed by atoms with Gasteiger partial charge in [0.25, 0.3) is 0 Å². The van der Waals surface area contributed by atoms with Crippen molar-refractivity contribution in [3.63, 3.8) is 0 Å². The number of hydrogen-bond donors (Lipinski definition) is 0. The molecule has 23 heavy (non-hydrogen) atoms. The van der Waals surface area contributed by atoms with Gasteiger partial charge in [0.05, 0.1) is 0 Å². The third kappa shape index (κ3) is 2.54. The van der Waals surface area contributed by atoms with Crippen LogP contribution in [-0.4, -0.2) is 41.9 Å². The number of aryl methyl sites for hydroxylation is 1. The maximum Gasteiger partial charge on any atom is 0.222 e. The van der Waals surface area contributed by atoms with Gasteiger partial charge >= 0.3 is 0 Å². The van der Waals surface area contributed by atoms with Crippen molar-refractivity contribution in [2.24, 2.45) is 13.0 Å². The Kier molecular flexibility index (Phi) is 3.43. The summed E-state index contributed by atoms with van der Waals surface area (Å²) >= 11 is 0. The molecular formula is C16H22N6O. The zero-order valence-corrected chi connectivity index (χ0v) is 13.7. The maximum absolute atomic E-state index is 12.1. The van der Waals surface area contributed by atoms with Gasteiger partial charge in [0.15, 0.2) is 5.82 Å². The Hall–Kier alpha value is -2.18. The molecule has 3 heterocycles.